The van der Waals surface area contributed by atoms with E-state index in [0.29, 0.717) is 18.2 Å². The van der Waals surface area contributed by atoms with Crippen molar-refractivity contribution in [1.82, 2.24) is 15.0 Å². The van der Waals surface area contributed by atoms with Gasteiger partial charge < -0.3 is 10.5 Å². The van der Waals surface area contributed by atoms with Crippen LogP contribution in [0.1, 0.15) is 11.3 Å². The number of pyridine rings is 1. The van der Waals surface area contributed by atoms with E-state index < -0.39 is 0 Å². The van der Waals surface area contributed by atoms with Crippen LogP contribution >= 0.6 is 22.6 Å². The summed E-state index contributed by atoms with van der Waals surface area (Å²) in [6.07, 6.45) is 3.48. The summed E-state index contributed by atoms with van der Waals surface area (Å²) < 4.78 is 5.95. The van der Waals surface area contributed by atoms with Crippen molar-refractivity contribution in [3.05, 3.63) is 33.3 Å². The quantitative estimate of drug-likeness (QED) is 0.854. The van der Waals surface area contributed by atoms with Crippen LogP contribution < -0.4 is 5.73 Å². The topological polar surface area (TPSA) is 73.9 Å². The molecule has 0 atom stereocenters. The average Bonchev–Trinajstić information content (AvgIpc) is 2.35. The van der Waals surface area contributed by atoms with Gasteiger partial charge in [-0.3, -0.25) is 4.98 Å². The molecule has 94 valence electrons. The van der Waals surface area contributed by atoms with Crippen molar-refractivity contribution >= 4 is 28.4 Å². The largest absolute Gasteiger partial charge is 0.383 e. The SMILES string of the molecule is COCc1nc(-c2cnccc2C)nc(N)c1I. The molecule has 2 N–H and O–H groups in total. The second-order valence-corrected chi connectivity index (χ2v) is 4.90. The molecule has 0 saturated carbocycles. The zero-order chi connectivity index (χ0) is 13.1. The molecule has 0 aliphatic carbocycles. The van der Waals surface area contributed by atoms with Crippen LogP contribution in [0, 0.1) is 10.5 Å². The first-order valence-corrected chi connectivity index (χ1v) is 6.43. The fraction of sp³-hybridized carbons (Fsp3) is 0.250. The second-order valence-electron chi connectivity index (χ2n) is 3.82. The van der Waals surface area contributed by atoms with E-state index in [4.69, 9.17) is 10.5 Å². The van der Waals surface area contributed by atoms with Crippen molar-refractivity contribution in [1.29, 1.82) is 0 Å². The van der Waals surface area contributed by atoms with Gasteiger partial charge in [-0.15, -0.1) is 0 Å². The molecule has 0 aliphatic rings. The van der Waals surface area contributed by atoms with Crippen LogP contribution in [0.2, 0.25) is 0 Å². The Morgan fingerprint density at radius 2 is 2.17 bits per heavy atom. The molecule has 18 heavy (non-hydrogen) atoms. The molecule has 2 heterocycles. The molecular weight excluding hydrogens is 343 g/mol. The summed E-state index contributed by atoms with van der Waals surface area (Å²) in [6.45, 7) is 2.40. The fourth-order valence-corrected chi connectivity index (χ4v) is 1.96. The van der Waals surface area contributed by atoms with E-state index in [1.54, 1.807) is 19.5 Å². The Labute approximate surface area is 119 Å². The molecule has 0 spiro atoms. The third-order valence-electron chi connectivity index (χ3n) is 2.51. The molecule has 6 heteroatoms. The molecule has 0 radical (unpaired) electrons. The van der Waals surface area contributed by atoms with Crippen molar-refractivity contribution in [2.45, 2.75) is 13.5 Å². The lowest BCUT2D eigenvalue weighted by atomic mass is 10.1. The van der Waals surface area contributed by atoms with E-state index in [2.05, 4.69) is 37.5 Å². The predicted molar refractivity (Wildman–Crippen MR) is 77.8 cm³/mol. The Hall–Kier alpha value is -1.28. The van der Waals surface area contributed by atoms with Crippen LogP contribution in [-0.2, 0) is 11.3 Å². The van der Waals surface area contributed by atoms with E-state index in [9.17, 15) is 0 Å². The summed E-state index contributed by atoms with van der Waals surface area (Å²) in [7, 11) is 1.63. The van der Waals surface area contributed by atoms with E-state index in [-0.39, 0.29) is 0 Å². The van der Waals surface area contributed by atoms with Gasteiger partial charge >= 0.3 is 0 Å². The summed E-state index contributed by atoms with van der Waals surface area (Å²) in [6, 6.07) is 1.92. The monoisotopic (exact) mass is 356 g/mol. The van der Waals surface area contributed by atoms with Gasteiger partial charge in [0.15, 0.2) is 5.82 Å². The van der Waals surface area contributed by atoms with Crippen molar-refractivity contribution in [2.75, 3.05) is 12.8 Å². The highest BCUT2D eigenvalue weighted by molar-refractivity contribution is 14.1. The molecule has 0 aliphatic heterocycles. The summed E-state index contributed by atoms with van der Waals surface area (Å²) in [5, 5.41) is 0. The fourth-order valence-electron chi connectivity index (χ4n) is 1.56. The van der Waals surface area contributed by atoms with Crippen LogP contribution in [0.15, 0.2) is 18.5 Å². The number of aryl methyl sites for hydroxylation is 1. The van der Waals surface area contributed by atoms with Gasteiger partial charge in [-0.2, -0.15) is 0 Å². The smallest absolute Gasteiger partial charge is 0.163 e. The zero-order valence-electron chi connectivity index (χ0n) is 10.1. The molecule has 5 nitrogen and oxygen atoms in total. The Kier molecular flexibility index (Phi) is 4.07. The molecule has 0 saturated heterocycles. The Balaban J connectivity index is 2.56. The zero-order valence-corrected chi connectivity index (χ0v) is 12.3. The number of hydrogen-bond donors (Lipinski definition) is 1. The van der Waals surface area contributed by atoms with Gasteiger partial charge in [-0.05, 0) is 41.1 Å². The molecule has 2 aromatic rings. The molecular formula is C12H13IN4O. The number of nitrogens with zero attached hydrogens (tertiary/aromatic N) is 3. The maximum absolute atomic E-state index is 5.90. The van der Waals surface area contributed by atoms with E-state index in [1.807, 2.05) is 13.0 Å². The van der Waals surface area contributed by atoms with Gasteiger partial charge in [-0.25, -0.2) is 9.97 Å². The van der Waals surface area contributed by atoms with Gasteiger partial charge in [0, 0.05) is 25.1 Å². The number of aromatic nitrogens is 3. The first kappa shape index (κ1) is 13.2. The number of ether oxygens (including phenoxy) is 1. The normalized spacial score (nSPS) is 10.6. The molecule has 0 fully saturated rings. The number of rotatable bonds is 3. The Bertz CT molecular complexity index is 574. The molecule has 0 amide bonds. The number of hydrogen-bond acceptors (Lipinski definition) is 5. The summed E-state index contributed by atoms with van der Waals surface area (Å²) >= 11 is 2.13. The maximum Gasteiger partial charge on any atom is 0.163 e. The summed E-state index contributed by atoms with van der Waals surface area (Å²) in [5.74, 6) is 1.06. The minimum atomic E-state index is 0.414. The molecule has 0 aromatic carbocycles. The first-order chi connectivity index (χ1) is 8.63. The third-order valence-corrected chi connectivity index (χ3v) is 3.68. The van der Waals surface area contributed by atoms with Crippen molar-refractivity contribution in [2.24, 2.45) is 0 Å². The highest BCUT2D eigenvalue weighted by atomic mass is 127. The number of nitrogen functional groups attached to an aromatic ring is 1. The minimum Gasteiger partial charge on any atom is -0.383 e. The van der Waals surface area contributed by atoms with Crippen molar-refractivity contribution in [3.63, 3.8) is 0 Å². The maximum atomic E-state index is 5.90. The van der Waals surface area contributed by atoms with Crippen molar-refractivity contribution < 1.29 is 4.74 Å². The minimum absolute atomic E-state index is 0.414. The molecule has 0 bridgehead atoms. The van der Waals surface area contributed by atoms with E-state index >= 15 is 0 Å². The standard InChI is InChI=1S/C12H13IN4O/c1-7-3-4-15-5-8(7)12-16-9(6-18-2)10(13)11(14)17-12/h3-5H,6H2,1-2H3,(H2,14,16,17). The van der Waals surface area contributed by atoms with Crippen LogP contribution in [0.5, 0.6) is 0 Å². The lowest BCUT2D eigenvalue weighted by Crippen LogP contribution is -2.06. The number of nitrogens with two attached hydrogens (primary N) is 1. The van der Waals surface area contributed by atoms with Gasteiger partial charge in [0.05, 0.1) is 15.9 Å². The summed E-state index contributed by atoms with van der Waals surface area (Å²) in [4.78, 5) is 12.9. The van der Waals surface area contributed by atoms with Crippen LogP contribution in [-0.4, -0.2) is 22.1 Å². The highest BCUT2D eigenvalue weighted by Gasteiger charge is 2.12. The number of anilines is 1. The van der Waals surface area contributed by atoms with Gasteiger partial charge in [0.25, 0.3) is 0 Å². The van der Waals surface area contributed by atoms with Gasteiger partial charge in [0.1, 0.15) is 5.82 Å². The molecule has 2 rings (SSSR count). The lowest BCUT2D eigenvalue weighted by molar-refractivity contribution is 0.181. The lowest BCUT2D eigenvalue weighted by Gasteiger charge is -2.09. The number of halogens is 1. The Morgan fingerprint density at radius 1 is 1.39 bits per heavy atom. The summed E-state index contributed by atoms with van der Waals surface area (Å²) in [5.41, 5.74) is 8.65. The highest BCUT2D eigenvalue weighted by Crippen LogP contribution is 2.24. The van der Waals surface area contributed by atoms with E-state index in [0.717, 1.165) is 20.4 Å². The number of methoxy groups -OCH3 is 1. The van der Waals surface area contributed by atoms with Gasteiger partial charge in [-0.1, -0.05) is 0 Å². The third kappa shape index (κ3) is 2.59. The van der Waals surface area contributed by atoms with E-state index in [1.165, 1.54) is 0 Å². The average molecular weight is 356 g/mol. The molecule has 0 unspecified atom stereocenters. The van der Waals surface area contributed by atoms with Crippen LogP contribution in [0.3, 0.4) is 0 Å². The predicted octanol–water partition coefficient (Wildman–Crippen LogP) is 2.18. The van der Waals surface area contributed by atoms with Crippen LogP contribution in [0.4, 0.5) is 5.82 Å². The first-order valence-electron chi connectivity index (χ1n) is 5.35. The van der Waals surface area contributed by atoms with Crippen LogP contribution in [0.25, 0.3) is 11.4 Å². The second kappa shape index (κ2) is 5.57. The Morgan fingerprint density at radius 3 is 2.83 bits per heavy atom. The van der Waals surface area contributed by atoms with Gasteiger partial charge in [0.2, 0.25) is 0 Å². The van der Waals surface area contributed by atoms with Crippen molar-refractivity contribution in [3.8, 4) is 11.4 Å². The molecule has 2 aromatic heterocycles.